The van der Waals surface area contributed by atoms with Crippen molar-refractivity contribution in [2.24, 2.45) is 17.1 Å². The van der Waals surface area contributed by atoms with Crippen molar-refractivity contribution in [3.05, 3.63) is 28.7 Å². The van der Waals surface area contributed by atoms with Crippen molar-refractivity contribution in [2.75, 3.05) is 11.9 Å². The van der Waals surface area contributed by atoms with Crippen molar-refractivity contribution >= 4 is 27.5 Å². The second-order valence-electron chi connectivity index (χ2n) is 6.24. The number of hydrogen-bond acceptors (Lipinski definition) is 3. The molecule has 1 saturated heterocycles. The molecule has 3 unspecified atom stereocenters. The molecular formula is C15H19BrN2O2. The van der Waals surface area contributed by atoms with E-state index in [1.165, 1.54) is 0 Å². The van der Waals surface area contributed by atoms with Gasteiger partial charge in [-0.1, -0.05) is 35.8 Å². The Bertz CT molecular complexity index is 561. The molecule has 2 aliphatic rings. The van der Waals surface area contributed by atoms with Gasteiger partial charge in [0.05, 0.1) is 6.10 Å². The minimum atomic E-state index is -0.865. The second-order valence-corrected chi connectivity index (χ2v) is 7.16. The molecule has 0 radical (unpaired) electrons. The maximum atomic E-state index is 12.7. The normalized spacial score (nSPS) is 34.2. The van der Waals surface area contributed by atoms with Crippen LogP contribution in [0.5, 0.6) is 0 Å². The van der Waals surface area contributed by atoms with Crippen LogP contribution in [0.2, 0.25) is 0 Å². The Morgan fingerprint density at radius 1 is 1.50 bits per heavy atom. The van der Waals surface area contributed by atoms with Crippen LogP contribution in [0, 0.1) is 11.3 Å². The van der Waals surface area contributed by atoms with Gasteiger partial charge in [-0.3, -0.25) is 4.79 Å². The third-order valence-corrected chi connectivity index (χ3v) is 5.41. The first-order chi connectivity index (χ1) is 9.37. The van der Waals surface area contributed by atoms with Gasteiger partial charge >= 0.3 is 0 Å². The van der Waals surface area contributed by atoms with Gasteiger partial charge in [-0.25, -0.2) is 0 Å². The van der Waals surface area contributed by atoms with Crippen LogP contribution < -0.4 is 11.1 Å². The Balaban J connectivity index is 1.83. The van der Waals surface area contributed by atoms with E-state index in [9.17, 15) is 4.79 Å². The first-order valence-electron chi connectivity index (χ1n) is 6.85. The third-order valence-electron chi connectivity index (χ3n) is 4.91. The van der Waals surface area contributed by atoms with E-state index in [0.717, 1.165) is 16.6 Å². The molecule has 1 aliphatic carbocycles. The van der Waals surface area contributed by atoms with E-state index in [1.54, 1.807) is 0 Å². The van der Waals surface area contributed by atoms with E-state index >= 15 is 0 Å². The summed E-state index contributed by atoms with van der Waals surface area (Å²) in [5.41, 5.74) is 6.04. The van der Waals surface area contributed by atoms with Crippen LogP contribution in [-0.2, 0) is 9.53 Å². The number of amides is 1. The Morgan fingerprint density at radius 3 is 2.95 bits per heavy atom. The monoisotopic (exact) mass is 338 g/mol. The average molecular weight is 339 g/mol. The molecule has 1 aliphatic heterocycles. The largest absolute Gasteiger partial charge is 0.377 e. The highest BCUT2D eigenvalue weighted by molar-refractivity contribution is 9.10. The Kier molecular flexibility index (Phi) is 3.19. The first kappa shape index (κ1) is 14.0. The van der Waals surface area contributed by atoms with E-state index in [4.69, 9.17) is 10.5 Å². The summed E-state index contributed by atoms with van der Waals surface area (Å²) in [4.78, 5) is 12.7. The Labute approximate surface area is 127 Å². The van der Waals surface area contributed by atoms with Gasteiger partial charge in [0.1, 0.15) is 5.54 Å². The zero-order chi connectivity index (χ0) is 14.5. The number of rotatable bonds is 2. The number of carbonyl (C=O) groups is 1. The van der Waals surface area contributed by atoms with Gasteiger partial charge in [-0.05, 0) is 24.6 Å². The molecule has 0 spiro atoms. The molecule has 1 saturated carbocycles. The lowest BCUT2D eigenvalue weighted by molar-refractivity contribution is -0.170. The number of nitrogens with two attached hydrogens (primary N) is 1. The van der Waals surface area contributed by atoms with Gasteiger partial charge in [0.15, 0.2) is 0 Å². The predicted octanol–water partition coefficient (Wildman–Crippen LogP) is 2.53. The van der Waals surface area contributed by atoms with Crippen molar-refractivity contribution in [1.82, 2.24) is 0 Å². The number of benzene rings is 1. The molecule has 3 N–H and O–H groups in total. The number of anilines is 1. The topological polar surface area (TPSA) is 64.3 Å². The highest BCUT2D eigenvalue weighted by Gasteiger charge is 2.71. The number of carbonyl (C=O) groups excluding carboxylic acids is 1. The number of hydrogen-bond donors (Lipinski definition) is 2. The molecule has 0 bridgehead atoms. The maximum Gasteiger partial charge on any atom is 0.245 e. The summed E-state index contributed by atoms with van der Waals surface area (Å²) in [6, 6.07) is 7.54. The van der Waals surface area contributed by atoms with Crippen LogP contribution in [0.1, 0.15) is 20.3 Å². The fourth-order valence-electron chi connectivity index (χ4n) is 3.65. The lowest BCUT2D eigenvalue weighted by atomic mass is 9.48. The predicted molar refractivity (Wildman–Crippen MR) is 81.3 cm³/mol. The summed E-state index contributed by atoms with van der Waals surface area (Å²) in [6.07, 6.45) is 0.956. The number of ether oxygens (including phenoxy) is 1. The van der Waals surface area contributed by atoms with Gasteiger partial charge in [0, 0.05) is 28.1 Å². The molecule has 5 heteroatoms. The number of halogens is 1. The van der Waals surface area contributed by atoms with Crippen LogP contribution >= 0.6 is 15.9 Å². The van der Waals surface area contributed by atoms with Crippen LogP contribution in [0.15, 0.2) is 28.7 Å². The van der Waals surface area contributed by atoms with Gasteiger partial charge < -0.3 is 15.8 Å². The first-order valence-corrected chi connectivity index (χ1v) is 7.64. The molecule has 1 aromatic carbocycles. The standard InChI is InChI=1S/C15H19BrN2O2/c1-14(2)12-11(6-7-20-12)15(14,17)13(19)18-10-5-3-4-9(16)8-10/h3-5,8,11-12H,6-7,17H2,1-2H3,(H,18,19). The summed E-state index contributed by atoms with van der Waals surface area (Å²) in [6.45, 7) is 4.72. The van der Waals surface area contributed by atoms with Crippen LogP contribution in [0.4, 0.5) is 5.69 Å². The van der Waals surface area contributed by atoms with Crippen molar-refractivity contribution in [1.29, 1.82) is 0 Å². The highest BCUT2D eigenvalue weighted by atomic mass is 79.9. The minimum Gasteiger partial charge on any atom is -0.377 e. The fourth-order valence-corrected chi connectivity index (χ4v) is 4.05. The molecule has 2 fully saturated rings. The fraction of sp³-hybridized carbons (Fsp3) is 0.533. The van der Waals surface area contributed by atoms with Crippen LogP contribution in [0.25, 0.3) is 0 Å². The lowest BCUT2D eigenvalue weighted by Crippen LogP contribution is -2.79. The van der Waals surface area contributed by atoms with Crippen molar-refractivity contribution < 1.29 is 9.53 Å². The van der Waals surface area contributed by atoms with Crippen LogP contribution in [0.3, 0.4) is 0 Å². The Hall–Kier alpha value is -0.910. The van der Waals surface area contributed by atoms with E-state index in [1.807, 2.05) is 38.1 Å². The summed E-state index contributed by atoms with van der Waals surface area (Å²) in [7, 11) is 0. The molecular weight excluding hydrogens is 320 g/mol. The molecule has 1 aromatic rings. The molecule has 3 atom stereocenters. The van der Waals surface area contributed by atoms with Crippen molar-refractivity contribution in [3.63, 3.8) is 0 Å². The van der Waals surface area contributed by atoms with Gasteiger partial charge in [0.25, 0.3) is 0 Å². The van der Waals surface area contributed by atoms with Crippen molar-refractivity contribution in [3.8, 4) is 0 Å². The number of fused-ring (bicyclic) bond motifs is 1. The number of nitrogens with one attached hydrogen (secondary N) is 1. The lowest BCUT2D eigenvalue weighted by Gasteiger charge is -2.60. The Morgan fingerprint density at radius 2 is 2.25 bits per heavy atom. The van der Waals surface area contributed by atoms with E-state index in [0.29, 0.717) is 6.61 Å². The molecule has 4 nitrogen and oxygen atoms in total. The molecule has 0 aromatic heterocycles. The summed E-state index contributed by atoms with van der Waals surface area (Å²) in [5.74, 6) is -0.00278. The quantitative estimate of drug-likeness (QED) is 0.870. The smallest absolute Gasteiger partial charge is 0.245 e. The molecule has 1 amide bonds. The molecule has 108 valence electrons. The van der Waals surface area contributed by atoms with E-state index in [-0.39, 0.29) is 23.3 Å². The molecule has 3 rings (SSSR count). The average Bonchev–Trinajstić information content (AvgIpc) is 2.85. The zero-order valence-electron chi connectivity index (χ0n) is 11.7. The summed E-state index contributed by atoms with van der Waals surface area (Å²) < 4.78 is 6.64. The molecule has 1 heterocycles. The van der Waals surface area contributed by atoms with Gasteiger partial charge in [-0.15, -0.1) is 0 Å². The van der Waals surface area contributed by atoms with E-state index in [2.05, 4.69) is 21.2 Å². The molecule has 20 heavy (non-hydrogen) atoms. The zero-order valence-corrected chi connectivity index (χ0v) is 13.2. The third kappa shape index (κ3) is 1.76. The minimum absolute atomic E-state index is 0.0979. The summed E-state index contributed by atoms with van der Waals surface area (Å²) in [5, 5.41) is 2.94. The second kappa shape index (κ2) is 4.55. The highest BCUT2D eigenvalue weighted by Crippen LogP contribution is 2.58. The van der Waals surface area contributed by atoms with Crippen LogP contribution in [-0.4, -0.2) is 24.2 Å². The maximum absolute atomic E-state index is 12.7. The van der Waals surface area contributed by atoms with Crippen molar-refractivity contribution in [2.45, 2.75) is 31.9 Å². The van der Waals surface area contributed by atoms with Gasteiger partial charge in [-0.2, -0.15) is 0 Å². The van der Waals surface area contributed by atoms with Gasteiger partial charge in [0.2, 0.25) is 5.91 Å². The summed E-state index contributed by atoms with van der Waals surface area (Å²) >= 11 is 3.40. The SMILES string of the molecule is CC1(C)C2OCCC2C1(N)C(=O)Nc1cccc(Br)c1. The van der Waals surface area contributed by atoms with E-state index < -0.39 is 5.54 Å².